The standard InChI is InChI=1S/C24H27ClFN5/c1-15-10-18(8-9-21(15)27)30-24-12-19(20(25)14-29-24)22-6-3-7-23(31-22)28-13-16-4-2-5-17(26)11-16/h2-7,11-12,14-15,18,21H,8-10,13,27H2,1H3,(H,28,31)(H,29,30)/t15-,18-,21-/m1/s1. The molecule has 0 aliphatic heterocycles. The molecule has 1 saturated carbocycles. The van der Waals surface area contributed by atoms with E-state index in [1.165, 1.54) is 12.1 Å². The number of nitrogens with one attached hydrogen (secondary N) is 2. The molecule has 0 spiro atoms. The molecule has 5 nitrogen and oxygen atoms in total. The molecule has 31 heavy (non-hydrogen) atoms. The van der Waals surface area contributed by atoms with Gasteiger partial charge in [-0.25, -0.2) is 14.4 Å². The molecule has 7 heteroatoms. The minimum atomic E-state index is -0.251. The number of anilines is 2. The number of nitrogens with zero attached hydrogens (tertiary/aromatic N) is 2. The third-order valence-corrected chi connectivity index (χ3v) is 6.13. The fraction of sp³-hybridized carbons (Fsp3) is 0.333. The van der Waals surface area contributed by atoms with Gasteiger partial charge in [0.1, 0.15) is 17.5 Å². The first kappa shape index (κ1) is 21.5. The molecule has 0 unspecified atom stereocenters. The van der Waals surface area contributed by atoms with E-state index in [0.717, 1.165) is 41.9 Å². The second-order valence-electron chi connectivity index (χ2n) is 8.24. The zero-order valence-corrected chi connectivity index (χ0v) is 18.2. The average molecular weight is 440 g/mol. The maximum atomic E-state index is 13.4. The third-order valence-electron chi connectivity index (χ3n) is 5.83. The van der Waals surface area contributed by atoms with Gasteiger partial charge in [0.25, 0.3) is 0 Å². The van der Waals surface area contributed by atoms with Crippen molar-refractivity contribution in [1.29, 1.82) is 0 Å². The van der Waals surface area contributed by atoms with Gasteiger partial charge in [-0.05, 0) is 61.1 Å². The van der Waals surface area contributed by atoms with Crippen LogP contribution in [0.4, 0.5) is 16.0 Å². The number of aromatic nitrogens is 2. The summed E-state index contributed by atoms with van der Waals surface area (Å²) in [6.45, 7) is 2.68. The molecule has 4 rings (SSSR count). The fourth-order valence-electron chi connectivity index (χ4n) is 4.00. The van der Waals surface area contributed by atoms with Crippen molar-refractivity contribution in [3.8, 4) is 11.3 Å². The quantitative estimate of drug-likeness (QED) is 0.474. The van der Waals surface area contributed by atoms with Crippen LogP contribution >= 0.6 is 11.6 Å². The SMILES string of the molecule is C[C@@H]1C[C@H](Nc2cc(-c3cccc(NCc4cccc(F)c4)n3)c(Cl)cn2)CC[C@H]1N. The minimum absolute atomic E-state index is 0.251. The van der Waals surface area contributed by atoms with Crippen molar-refractivity contribution >= 4 is 23.2 Å². The van der Waals surface area contributed by atoms with Crippen LogP contribution in [-0.2, 0) is 6.54 Å². The van der Waals surface area contributed by atoms with Gasteiger partial charge >= 0.3 is 0 Å². The smallest absolute Gasteiger partial charge is 0.126 e. The van der Waals surface area contributed by atoms with Crippen LogP contribution in [0.25, 0.3) is 11.3 Å². The first-order valence-electron chi connectivity index (χ1n) is 10.6. The normalized spacial score (nSPS) is 21.0. The lowest BCUT2D eigenvalue weighted by molar-refractivity contribution is 0.310. The van der Waals surface area contributed by atoms with E-state index in [-0.39, 0.29) is 11.9 Å². The van der Waals surface area contributed by atoms with Crippen LogP contribution in [0.2, 0.25) is 5.02 Å². The number of pyridine rings is 2. The minimum Gasteiger partial charge on any atom is -0.367 e. The van der Waals surface area contributed by atoms with Crippen LogP contribution in [-0.4, -0.2) is 22.1 Å². The van der Waals surface area contributed by atoms with Gasteiger partial charge in [0.05, 0.1) is 10.7 Å². The number of halogens is 2. The van der Waals surface area contributed by atoms with Gasteiger partial charge in [-0.1, -0.05) is 36.7 Å². The first-order valence-corrected chi connectivity index (χ1v) is 11.0. The van der Waals surface area contributed by atoms with E-state index in [2.05, 4.69) is 27.5 Å². The number of hydrogen-bond donors (Lipinski definition) is 3. The monoisotopic (exact) mass is 439 g/mol. The van der Waals surface area contributed by atoms with Gasteiger partial charge in [0, 0.05) is 30.4 Å². The van der Waals surface area contributed by atoms with Crippen molar-refractivity contribution in [2.45, 2.75) is 44.8 Å². The van der Waals surface area contributed by atoms with Crippen LogP contribution in [0.5, 0.6) is 0 Å². The molecule has 1 aromatic carbocycles. The largest absolute Gasteiger partial charge is 0.367 e. The van der Waals surface area contributed by atoms with Crippen molar-refractivity contribution in [2.75, 3.05) is 10.6 Å². The summed E-state index contributed by atoms with van der Waals surface area (Å²) in [7, 11) is 0. The maximum absolute atomic E-state index is 13.4. The summed E-state index contributed by atoms with van der Waals surface area (Å²) in [6.07, 6.45) is 4.73. The van der Waals surface area contributed by atoms with Gasteiger partial charge < -0.3 is 16.4 Å². The molecule has 1 aliphatic rings. The third kappa shape index (κ3) is 5.51. The van der Waals surface area contributed by atoms with E-state index in [4.69, 9.17) is 17.3 Å². The molecule has 2 aromatic heterocycles. The lowest BCUT2D eigenvalue weighted by Crippen LogP contribution is -2.39. The molecule has 3 atom stereocenters. The van der Waals surface area contributed by atoms with Crippen LogP contribution in [0.3, 0.4) is 0 Å². The molecule has 4 N–H and O–H groups in total. The predicted octanol–water partition coefficient (Wildman–Crippen LogP) is 5.48. The van der Waals surface area contributed by atoms with E-state index < -0.39 is 0 Å². The Hall–Kier alpha value is -2.70. The summed E-state index contributed by atoms with van der Waals surface area (Å²) in [5.41, 5.74) is 8.56. The van der Waals surface area contributed by atoms with Gasteiger partial charge in [-0.3, -0.25) is 0 Å². The Morgan fingerprint density at radius 2 is 1.97 bits per heavy atom. The van der Waals surface area contributed by atoms with Gasteiger partial charge in [0.2, 0.25) is 0 Å². The number of benzene rings is 1. The van der Waals surface area contributed by atoms with Crippen molar-refractivity contribution in [2.24, 2.45) is 11.7 Å². The Kier molecular flexibility index (Phi) is 6.68. The number of nitrogens with two attached hydrogens (primary N) is 1. The molecule has 1 aliphatic carbocycles. The van der Waals surface area contributed by atoms with Crippen molar-refractivity contribution in [3.05, 3.63) is 71.1 Å². The molecule has 0 bridgehead atoms. The second-order valence-corrected chi connectivity index (χ2v) is 8.64. The molecule has 0 amide bonds. The lowest BCUT2D eigenvalue weighted by Gasteiger charge is -2.32. The predicted molar refractivity (Wildman–Crippen MR) is 125 cm³/mol. The Balaban J connectivity index is 1.48. The summed E-state index contributed by atoms with van der Waals surface area (Å²) in [4.78, 5) is 9.15. The topological polar surface area (TPSA) is 75.9 Å². The lowest BCUT2D eigenvalue weighted by atomic mass is 9.83. The Labute approximate surface area is 187 Å². The Morgan fingerprint density at radius 3 is 2.77 bits per heavy atom. The molecule has 3 aromatic rings. The molecular formula is C24H27ClFN5. The second kappa shape index (κ2) is 9.62. The molecule has 2 heterocycles. The average Bonchev–Trinajstić information content (AvgIpc) is 2.76. The zero-order valence-electron chi connectivity index (χ0n) is 17.5. The van der Waals surface area contributed by atoms with E-state index in [9.17, 15) is 4.39 Å². The Bertz CT molecular complexity index is 1040. The number of rotatable bonds is 6. The van der Waals surface area contributed by atoms with E-state index in [1.807, 2.05) is 30.3 Å². The summed E-state index contributed by atoms with van der Waals surface area (Å²) >= 11 is 6.45. The summed E-state index contributed by atoms with van der Waals surface area (Å²) in [5.74, 6) is 1.71. The Morgan fingerprint density at radius 1 is 1.13 bits per heavy atom. The molecule has 162 valence electrons. The summed E-state index contributed by atoms with van der Waals surface area (Å²) in [6, 6.07) is 14.8. The van der Waals surface area contributed by atoms with Gasteiger partial charge in [0.15, 0.2) is 0 Å². The van der Waals surface area contributed by atoms with E-state index in [1.54, 1.807) is 12.3 Å². The van der Waals surface area contributed by atoms with Crippen molar-refractivity contribution in [1.82, 2.24) is 9.97 Å². The zero-order chi connectivity index (χ0) is 21.8. The molecule has 0 radical (unpaired) electrons. The molecular weight excluding hydrogens is 413 g/mol. The molecule has 0 saturated heterocycles. The van der Waals surface area contributed by atoms with E-state index >= 15 is 0 Å². The van der Waals surface area contributed by atoms with Crippen LogP contribution in [0.1, 0.15) is 31.7 Å². The highest BCUT2D eigenvalue weighted by Crippen LogP contribution is 2.31. The van der Waals surface area contributed by atoms with Crippen LogP contribution < -0.4 is 16.4 Å². The van der Waals surface area contributed by atoms with Crippen molar-refractivity contribution < 1.29 is 4.39 Å². The molecule has 1 fully saturated rings. The van der Waals surface area contributed by atoms with Gasteiger partial charge in [-0.2, -0.15) is 0 Å². The summed E-state index contributed by atoms with van der Waals surface area (Å²) in [5, 5.41) is 7.32. The van der Waals surface area contributed by atoms with E-state index in [0.29, 0.717) is 29.3 Å². The van der Waals surface area contributed by atoms with Crippen LogP contribution in [0.15, 0.2) is 54.7 Å². The van der Waals surface area contributed by atoms with Gasteiger partial charge in [-0.15, -0.1) is 0 Å². The first-order chi connectivity index (χ1) is 15.0. The number of hydrogen-bond acceptors (Lipinski definition) is 5. The van der Waals surface area contributed by atoms with Crippen LogP contribution in [0, 0.1) is 11.7 Å². The van der Waals surface area contributed by atoms with Crippen molar-refractivity contribution in [3.63, 3.8) is 0 Å². The highest BCUT2D eigenvalue weighted by atomic mass is 35.5. The highest BCUT2D eigenvalue weighted by Gasteiger charge is 2.25. The fourth-order valence-corrected chi connectivity index (χ4v) is 4.20. The highest BCUT2D eigenvalue weighted by molar-refractivity contribution is 6.33. The summed E-state index contributed by atoms with van der Waals surface area (Å²) < 4.78 is 13.4. The maximum Gasteiger partial charge on any atom is 0.126 e.